The number of benzene rings is 3. The van der Waals surface area contributed by atoms with Gasteiger partial charge >= 0.3 is 0 Å². The van der Waals surface area contributed by atoms with Crippen LogP contribution in [0.2, 0.25) is 5.02 Å². The molecule has 2 aliphatic heterocycles. The number of nitrogens with zero attached hydrogens (tertiary/aromatic N) is 1. The number of anilines is 1. The quantitative estimate of drug-likeness (QED) is 0.409. The van der Waals surface area contributed by atoms with Gasteiger partial charge < -0.3 is 19.7 Å². The molecule has 1 N–H and O–H groups in total. The van der Waals surface area contributed by atoms with Gasteiger partial charge in [-0.3, -0.25) is 4.79 Å². The summed E-state index contributed by atoms with van der Waals surface area (Å²) in [5, 5.41) is 4.00. The highest BCUT2D eigenvalue weighted by Gasteiger charge is 2.57. The molecule has 3 aromatic carbocycles. The van der Waals surface area contributed by atoms with Crippen LogP contribution in [0.3, 0.4) is 0 Å². The Morgan fingerprint density at radius 3 is 2.61 bits per heavy atom. The summed E-state index contributed by atoms with van der Waals surface area (Å²) in [6.07, 6.45) is 4.66. The minimum Gasteiger partial charge on any atom is -0.490 e. The van der Waals surface area contributed by atoms with E-state index in [2.05, 4.69) is 60.5 Å². The normalized spacial score (nSPS) is 20.1. The minimum absolute atomic E-state index is 0.0649. The van der Waals surface area contributed by atoms with Gasteiger partial charge in [0.1, 0.15) is 12.3 Å². The van der Waals surface area contributed by atoms with Gasteiger partial charge in [-0.25, -0.2) is 0 Å². The van der Waals surface area contributed by atoms with Gasteiger partial charge in [-0.05, 0) is 48.4 Å². The van der Waals surface area contributed by atoms with Crippen LogP contribution in [0.1, 0.15) is 43.9 Å². The van der Waals surface area contributed by atoms with Crippen LogP contribution < -0.4 is 19.7 Å². The van der Waals surface area contributed by atoms with Crippen molar-refractivity contribution in [1.82, 2.24) is 5.32 Å². The summed E-state index contributed by atoms with van der Waals surface area (Å²) < 4.78 is 12.0. The highest BCUT2D eigenvalue weighted by molar-refractivity contribution is 6.31. The lowest BCUT2D eigenvalue weighted by molar-refractivity contribution is -0.124. The van der Waals surface area contributed by atoms with E-state index in [0.717, 1.165) is 11.1 Å². The Bertz CT molecular complexity index is 1320. The zero-order valence-electron chi connectivity index (χ0n) is 20.9. The Balaban J connectivity index is 1.45. The fourth-order valence-corrected chi connectivity index (χ4v) is 5.51. The van der Waals surface area contributed by atoms with Gasteiger partial charge in [0.2, 0.25) is 5.91 Å². The molecule has 1 atom stereocenters. The van der Waals surface area contributed by atoms with Crippen molar-refractivity contribution in [3.05, 3.63) is 94.5 Å². The van der Waals surface area contributed by atoms with E-state index in [0.29, 0.717) is 42.7 Å². The molecule has 0 radical (unpaired) electrons. The first kappa shape index (κ1) is 24.3. The average Bonchev–Trinajstić information content (AvgIpc) is 3.06. The number of hydrogen-bond donors (Lipinski definition) is 1. The van der Waals surface area contributed by atoms with E-state index in [-0.39, 0.29) is 11.3 Å². The van der Waals surface area contributed by atoms with Crippen LogP contribution in [0.4, 0.5) is 5.69 Å². The lowest BCUT2D eigenvalue weighted by Gasteiger charge is -2.49. The van der Waals surface area contributed by atoms with E-state index in [1.165, 1.54) is 11.3 Å². The van der Waals surface area contributed by atoms with Crippen molar-refractivity contribution in [1.29, 1.82) is 0 Å². The monoisotopic (exact) mass is 502 g/mol. The summed E-state index contributed by atoms with van der Waals surface area (Å²) in [7, 11) is 0. The zero-order valence-corrected chi connectivity index (χ0v) is 21.6. The Labute approximate surface area is 217 Å². The number of halogens is 1. The highest BCUT2D eigenvalue weighted by atomic mass is 35.5. The summed E-state index contributed by atoms with van der Waals surface area (Å²) in [6, 6.07) is 22.0. The molecular formula is C30H31ClN2O3. The molecule has 6 heteroatoms. The molecule has 1 fully saturated rings. The predicted molar refractivity (Wildman–Crippen MR) is 145 cm³/mol. The molecule has 186 valence electrons. The lowest BCUT2D eigenvalue weighted by atomic mass is 9.74. The first-order valence-electron chi connectivity index (χ1n) is 12.4. The molecule has 5 rings (SSSR count). The number of carbonyl (C=O) groups excluding carboxylic acids is 1. The van der Waals surface area contributed by atoms with Crippen molar-refractivity contribution in [3.8, 4) is 11.5 Å². The molecule has 2 aliphatic rings. The maximum atomic E-state index is 12.6. The van der Waals surface area contributed by atoms with E-state index in [9.17, 15) is 4.79 Å². The van der Waals surface area contributed by atoms with Crippen LogP contribution in [-0.2, 0) is 16.8 Å². The second-order valence-corrected chi connectivity index (χ2v) is 10.1. The number of rotatable bonds is 7. The summed E-state index contributed by atoms with van der Waals surface area (Å²) in [4.78, 5) is 15.0. The Morgan fingerprint density at radius 1 is 1.03 bits per heavy atom. The predicted octanol–water partition coefficient (Wildman–Crippen LogP) is 6.34. The third kappa shape index (κ3) is 4.11. The van der Waals surface area contributed by atoms with Gasteiger partial charge in [0.15, 0.2) is 11.5 Å². The Morgan fingerprint density at radius 2 is 1.81 bits per heavy atom. The lowest BCUT2D eigenvalue weighted by Crippen LogP contribution is -2.68. The molecule has 1 amide bonds. The van der Waals surface area contributed by atoms with Crippen molar-refractivity contribution in [2.75, 3.05) is 18.1 Å². The molecule has 0 aromatic heterocycles. The summed E-state index contributed by atoms with van der Waals surface area (Å²) >= 11 is 6.29. The number of nitrogens with one attached hydrogen (secondary N) is 1. The van der Waals surface area contributed by atoms with Crippen LogP contribution in [0.5, 0.6) is 11.5 Å². The summed E-state index contributed by atoms with van der Waals surface area (Å²) in [5.41, 5.74) is 3.31. The van der Waals surface area contributed by atoms with E-state index in [4.69, 9.17) is 21.1 Å². The van der Waals surface area contributed by atoms with Gasteiger partial charge in [0.05, 0.1) is 6.61 Å². The molecule has 2 heterocycles. The van der Waals surface area contributed by atoms with Gasteiger partial charge in [-0.2, -0.15) is 0 Å². The largest absolute Gasteiger partial charge is 0.490 e. The summed E-state index contributed by atoms with van der Waals surface area (Å²) in [6.45, 7) is 7.89. The van der Waals surface area contributed by atoms with E-state index >= 15 is 0 Å². The molecule has 3 aromatic rings. The maximum Gasteiger partial charge on any atom is 0.223 e. The zero-order chi connectivity index (χ0) is 25.3. The van der Waals surface area contributed by atoms with Gasteiger partial charge in [-0.1, -0.05) is 74.0 Å². The molecule has 0 aliphatic carbocycles. The first-order chi connectivity index (χ1) is 17.4. The fourth-order valence-electron chi connectivity index (χ4n) is 5.32. The SMILES string of the molecule is CCOc1cc(C=CC23NC(=O)CCN2c2ccccc2C3(C)C)ccc1OCc1ccccc1Cl. The van der Waals surface area contributed by atoms with E-state index < -0.39 is 5.66 Å². The van der Waals surface area contributed by atoms with Crippen molar-refractivity contribution in [2.45, 2.75) is 44.9 Å². The maximum absolute atomic E-state index is 12.6. The molecule has 36 heavy (non-hydrogen) atoms. The molecule has 5 nitrogen and oxygen atoms in total. The molecular weight excluding hydrogens is 472 g/mol. The van der Waals surface area contributed by atoms with Crippen molar-refractivity contribution < 1.29 is 14.3 Å². The third-order valence-electron chi connectivity index (χ3n) is 7.26. The van der Waals surface area contributed by atoms with Crippen molar-refractivity contribution >= 4 is 29.3 Å². The average molecular weight is 503 g/mol. The number of fused-ring (bicyclic) bond motifs is 3. The number of para-hydroxylation sites is 1. The first-order valence-corrected chi connectivity index (χ1v) is 12.7. The Kier molecular flexibility index (Phi) is 6.44. The van der Waals surface area contributed by atoms with Gasteiger partial charge in [0.25, 0.3) is 0 Å². The minimum atomic E-state index is -0.656. The summed E-state index contributed by atoms with van der Waals surface area (Å²) in [5.74, 6) is 1.39. The Hall–Kier alpha value is -3.44. The third-order valence-corrected chi connectivity index (χ3v) is 7.63. The van der Waals surface area contributed by atoms with Crippen molar-refractivity contribution in [2.24, 2.45) is 0 Å². The highest BCUT2D eigenvalue weighted by Crippen LogP contribution is 2.52. The molecule has 0 bridgehead atoms. The standard InChI is InChI=1S/C30H31ClN2O3/c1-4-35-27-19-21(13-14-26(27)36-20-22-9-5-7-11-24(22)31)15-17-30-29(2,3)23-10-6-8-12-25(23)33(30)18-16-28(34)32-30/h5-15,17,19H,4,16,18,20H2,1-3H3,(H,32,34). The fraction of sp³-hybridized carbons (Fsp3) is 0.300. The second-order valence-electron chi connectivity index (χ2n) is 9.71. The van der Waals surface area contributed by atoms with Crippen LogP contribution >= 0.6 is 11.6 Å². The second kappa shape index (κ2) is 9.55. The van der Waals surface area contributed by atoms with Gasteiger partial charge in [-0.15, -0.1) is 0 Å². The van der Waals surface area contributed by atoms with Crippen LogP contribution in [0.15, 0.2) is 72.8 Å². The van der Waals surface area contributed by atoms with Crippen molar-refractivity contribution in [3.63, 3.8) is 0 Å². The van der Waals surface area contributed by atoms with Crippen LogP contribution in [0.25, 0.3) is 6.08 Å². The van der Waals surface area contributed by atoms with E-state index in [1.807, 2.05) is 49.4 Å². The molecule has 1 unspecified atom stereocenters. The van der Waals surface area contributed by atoms with Gasteiger partial charge in [0, 0.05) is 34.7 Å². The number of carbonyl (C=O) groups is 1. The van der Waals surface area contributed by atoms with Crippen LogP contribution in [-0.4, -0.2) is 24.7 Å². The smallest absolute Gasteiger partial charge is 0.223 e. The molecule has 0 saturated carbocycles. The number of amides is 1. The van der Waals surface area contributed by atoms with E-state index in [1.54, 1.807) is 0 Å². The van der Waals surface area contributed by atoms with Crippen LogP contribution in [0, 0.1) is 0 Å². The topological polar surface area (TPSA) is 50.8 Å². The molecule has 0 spiro atoms. The number of ether oxygens (including phenoxy) is 2. The number of hydrogen-bond acceptors (Lipinski definition) is 4. The molecule has 1 saturated heterocycles.